The van der Waals surface area contributed by atoms with Gasteiger partial charge in [0.1, 0.15) is 5.82 Å². The average molecular weight is 268 g/mol. The zero-order chi connectivity index (χ0) is 14.7. The summed E-state index contributed by atoms with van der Waals surface area (Å²) in [5.74, 6) is 1.57. The number of anilines is 1. The lowest BCUT2D eigenvalue weighted by Crippen LogP contribution is -2.09. The normalized spacial score (nSPS) is 10.9. The summed E-state index contributed by atoms with van der Waals surface area (Å²) in [6.45, 7) is 11.8. The van der Waals surface area contributed by atoms with Crippen LogP contribution in [0.2, 0.25) is 0 Å². The highest BCUT2D eigenvalue weighted by atomic mass is 15.0. The highest BCUT2D eigenvalue weighted by Crippen LogP contribution is 2.27. The monoisotopic (exact) mass is 268 g/mol. The third-order valence-corrected chi connectivity index (χ3v) is 3.37. The minimum absolute atomic E-state index is 0.614. The van der Waals surface area contributed by atoms with Crippen LogP contribution in [0.4, 0.5) is 5.82 Å². The van der Waals surface area contributed by atoms with E-state index < -0.39 is 0 Å². The van der Waals surface area contributed by atoms with Crippen molar-refractivity contribution in [2.45, 2.75) is 34.6 Å². The van der Waals surface area contributed by atoms with Gasteiger partial charge in [0.05, 0.1) is 5.69 Å². The number of hydrogen-bond acceptors (Lipinski definition) is 2. The molecule has 0 fully saturated rings. The standard InChI is InChI=1S/C18H24N2/c1-12(2)11-19-17-8-6-7-16(20-17)18-14(4)9-13(3)10-15(18)5/h6-10,12H,11H2,1-5H3,(H,19,20). The van der Waals surface area contributed by atoms with Crippen LogP contribution in [-0.2, 0) is 0 Å². The lowest BCUT2D eigenvalue weighted by Gasteiger charge is -2.13. The molecule has 2 heteroatoms. The number of aryl methyl sites for hydroxylation is 3. The molecule has 0 aliphatic rings. The first-order chi connectivity index (χ1) is 9.47. The Balaban J connectivity index is 2.36. The second kappa shape index (κ2) is 6.08. The third-order valence-electron chi connectivity index (χ3n) is 3.37. The molecule has 1 N–H and O–H groups in total. The lowest BCUT2D eigenvalue weighted by atomic mass is 9.97. The van der Waals surface area contributed by atoms with E-state index in [1.165, 1.54) is 22.3 Å². The minimum atomic E-state index is 0.614. The third kappa shape index (κ3) is 3.38. The molecule has 0 unspecified atom stereocenters. The molecule has 0 radical (unpaired) electrons. The van der Waals surface area contributed by atoms with E-state index in [0.717, 1.165) is 18.1 Å². The van der Waals surface area contributed by atoms with Gasteiger partial charge in [-0.1, -0.05) is 37.6 Å². The maximum atomic E-state index is 4.76. The number of pyridine rings is 1. The lowest BCUT2D eigenvalue weighted by molar-refractivity contribution is 0.687. The van der Waals surface area contributed by atoms with Crippen molar-refractivity contribution in [1.29, 1.82) is 0 Å². The van der Waals surface area contributed by atoms with E-state index in [1.807, 2.05) is 6.07 Å². The van der Waals surface area contributed by atoms with Gasteiger partial charge in [-0.2, -0.15) is 0 Å². The van der Waals surface area contributed by atoms with Crippen LogP contribution < -0.4 is 5.32 Å². The number of benzene rings is 1. The van der Waals surface area contributed by atoms with E-state index in [-0.39, 0.29) is 0 Å². The van der Waals surface area contributed by atoms with Gasteiger partial charge < -0.3 is 5.32 Å². The molecular weight excluding hydrogens is 244 g/mol. The molecule has 1 aromatic heterocycles. The van der Waals surface area contributed by atoms with Crippen molar-refractivity contribution in [3.63, 3.8) is 0 Å². The number of nitrogens with one attached hydrogen (secondary N) is 1. The van der Waals surface area contributed by atoms with Crippen LogP contribution in [0.25, 0.3) is 11.3 Å². The summed E-state index contributed by atoms with van der Waals surface area (Å²) in [6, 6.07) is 10.6. The van der Waals surface area contributed by atoms with Gasteiger partial charge in [-0.15, -0.1) is 0 Å². The van der Waals surface area contributed by atoms with Crippen LogP contribution in [0.5, 0.6) is 0 Å². The fraction of sp³-hybridized carbons (Fsp3) is 0.389. The van der Waals surface area contributed by atoms with Gasteiger partial charge in [-0.05, 0) is 49.9 Å². The van der Waals surface area contributed by atoms with Crippen LogP contribution in [0, 0.1) is 26.7 Å². The van der Waals surface area contributed by atoms with Crippen LogP contribution in [0.15, 0.2) is 30.3 Å². The number of aromatic nitrogens is 1. The number of hydrogen-bond donors (Lipinski definition) is 1. The Morgan fingerprint density at radius 2 is 1.70 bits per heavy atom. The van der Waals surface area contributed by atoms with Crippen molar-refractivity contribution in [3.05, 3.63) is 47.0 Å². The molecule has 0 bridgehead atoms. The van der Waals surface area contributed by atoms with Crippen LogP contribution in [0.3, 0.4) is 0 Å². The highest BCUT2D eigenvalue weighted by Gasteiger charge is 2.08. The van der Waals surface area contributed by atoms with Crippen molar-refractivity contribution >= 4 is 5.82 Å². The second-order valence-electron chi connectivity index (χ2n) is 5.96. The van der Waals surface area contributed by atoms with Gasteiger partial charge in [0, 0.05) is 12.1 Å². The minimum Gasteiger partial charge on any atom is -0.370 e. The maximum Gasteiger partial charge on any atom is 0.126 e. The van der Waals surface area contributed by atoms with E-state index in [2.05, 4.69) is 64.2 Å². The summed E-state index contributed by atoms with van der Waals surface area (Å²) in [7, 11) is 0. The molecular formula is C18H24N2. The molecule has 0 aliphatic carbocycles. The molecule has 20 heavy (non-hydrogen) atoms. The Labute approximate surface area is 122 Å². The van der Waals surface area contributed by atoms with E-state index in [4.69, 9.17) is 4.98 Å². The molecule has 0 saturated heterocycles. The molecule has 2 nitrogen and oxygen atoms in total. The predicted molar refractivity (Wildman–Crippen MR) is 87.2 cm³/mol. The van der Waals surface area contributed by atoms with E-state index in [9.17, 15) is 0 Å². The zero-order valence-corrected chi connectivity index (χ0v) is 13.1. The molecule has 1 heterocycles. The molecule has 2 aromatic rings. The molecule has 0 spiro atoms. The summed E-state index contributed by atoms with van der Waals surface area (Å²) in [4.78, 5) is 4.76. The average Bonchev–Trinajstić information content (AvgIpc) is 2.35. The SMILES string of the molecule is Cc1cc(C)c(-c2cccc(NCC(C)C)n2)c(C)c1. The van der Waals surface area contributed by atoms with Gasteiger partial charge in [-0.25, -0.2) is 4.98 Å². The fourth-order valence-corrected chi connectivity index (χ4v) is 2.57. The molecule has 0 aliphatic heterocycles. The van der Waals surface area contributed by atoms with Crippen LogP contribution in [0.1, 0.15) is 30.5 Å². The summed E-state index contributed by atoms with van der Waals surface area (Å²) in [5.41, 5.74) is 6.18. The molecule has 0 amide bonds. The summed E-state index contributed by atoms with van der Waals surface area (Å²) in [5, 5.41) is 3.39. The number of rotatable bonds is 4. The first-order valence-corrected chi connectivity index (χ1v) is 7.26. The Kier molecular flexibility index (Phi) is 4.43. The summed E-state index contributed by atoms with van der Waals surface area (Å²) in [6.07, 6.45) is 0. The van der Waals surface area contributed by atoms with E-state index in [1.54, 1.807) is 0 Å². The zero-order valence-electron chi connectivity index (χ0n) is 13.1. The van der Waals surface area contributed by atoms with Crippen molar-refractivity contribution in [2.75, 3.05) is 11.9 Å². The smallest absolute Gasteiger partial charge is 0.126 e. The number of nitrogens with zero attached hydrogens (tertiary/aromatic N) is 1. The highest BCUT2D eigenvalue weighted by molar-refractivity contribution is 5.69. The van der Waals surface area contributed by atoms with Gasteiger partial charge in [-0.3, -0.25) is 0 Å². The molecule has 0 atom stereocenters. The van der Waals surface area contributed by atoms with Crippen molar-refractivity contribution in [1.82, 2.24) is 4.98 Å². The largest absolute Gasteiger partial charge is 0.370 e. The molecule has 106 valence electrons. The topological polar surface area (TPSA) is 24.9 Å². The Bertz CT molecular complexity index is 577. The molecule has 2 rings (SSSR count). The van der Waals surface area contributed by atoms with Gasteiger partial charge >= 0.3 is 0 Å². The second-order valence-corrected chi connectivity index (χ2v) is 5.96. The van der Waals surface area contributed by atoms with Gasteiger partial charge in [0.15, 0.2) is 0 Å². The Morgan fingerprint density at radius 1 is 1.05 bits per heavy atom. The van der Waals surface area contributed by atoms with Crippen LogP contribution >= 0.6 is 0 Å². The Morgan fingerprint density at radius 3 is 2.30 bits per heavy atom. The maximum absolute atomic E-state index is 4.76. The van der Waals surface area contributed by atoms with Crippen LogP contribution in [-0.4, -0.2) is 11.5 Å². The van der Waals surface area contributed by atoms with Gasteiger partial charge in [0.2, 0.25) is 0 Å². The van der Waals surface area contributed by atoms with Crippen molar-refractivity contribution in [3.8, 4) is 11.3 Å². The predicted octanol–water partition coefficient (Wildman–Crippen LogP) is 4.74. The van der Waals surface area contributed by atoms with E-state index in [0.29, 0.717) is 5.92 Å². The van der Waals surface area contributed by atoms with E-state index >= 15 is 0 Å². The van der Waals surface area contributed by atoms with Crippen molar-refractivity contribution in [2.24, 2.45) is 5.92 Å². The first-order valence-electron chi connectivity index (χ1n) is 7.26. The summed E-state index contributed by atoms with van der Waals surface area (Å²) < 4.78 is 0. The molecule has 0 saturated carbocycles. The fourth-order valence-electron chi connectivity index (χ4n) is 2.57. The van der Waals surface area contributed by atoms with Crippen molar-refractivity contribution < 1.29 is 0 Å². The quantitative estimate of drug-likeness (QED) is 0.866. The molecule has 1 aromatic carbocycles. The van der Waals surface area contributed by atoms with Gasteiger partial charge in [0.25, 0.3) is 0 Å². The Hall–Kier alpha value is -1.83. The first kappa shape index (κ1) is 14.6. The summed E-state index contributed by atoms with van der Waals surface area (Å²) >= 11 is 0.